The van der Waals surface area contributed by atoms with Gasteiger partial charge >= 0.3 is 5.97 Å². The van der Waals surface area contributed by atoms with E-state index in [0.717, 1.165) is 26.9 Å². The zero-order valence-electron chi connectivity index (χ0n) is 11.9. The molecule has 1 aromatic carbocycles. The second-order valence-electron chi connectivity index (χ2n) is 4.98. The third-order valence-electron chi connectivity index (χ3n) is 3.25. The molecule has 2 N–H and O–H groups in total. The lowest BCUT2D eigenvalue weighted by Gasteiger charge is -2.16. The summed E-state index contributed by atoms with van der Waals surface area (Å²) in [6.45, 7) is 4.31. The van der Waals surface area contributed by atoms with Crippen LogP contribution in [-0.4, -0.2) is 16.1 Å². The number of carbonyl (C=O) groups is 1. The highest BCUT2D eigenvalue weighted by molar-refractivity contribution is 9.10. The smallest absolute Gasteiger partial charge is 0.325 e. The topological polar surface area (TPSA) is 62.2 Å². The standard InChI is InChI=1S/C16H17BrN2O2/c1-10-4-3-5-12(6-10)15(16(20)21)19-9-14-11(2)7-13(17)8-18-14/h3-8,15,19H,9H2,1-2H3,(H,20,21). The molecule has 1 aromatic heterocycles. The molecule has 2 aromatic rings. The Morgan fingerprint density at radius 1 is 1.38 bits per heavy atom. The molecule has 5 heteroatoms. The molecule has 0 amide bonds. The predicted molar refractivity (Wildman–Crippen MR) is 85.1 cm³/mol. The van der Waals surface area contributed by atoms with E-state index in [2.05, 4.69) is 26.2 Å². The SMILES string of the molecule is Cc1cccc(C(NCc2ncc(Br)cc2C)C(=O)O)c1. The molecule has 1 heterocycles. The molecular formula is C16H17BrN2O2. The maximum Gasteiger partial charge on any atom is 0.325 e. The number of hydrogen-bond acceptors (Lipinski definition) is 3. The normalized spacial score (nSPS) is 12.1. The van der Waals surface area contributed by atoms with Crippen LogP contribution in [0.25, 0.3) is 0 Å². The summed E-state index contributed by atoms with van der Waals surface area (Å²) >= 11 is 3.37. The molecule has 0 saturated heterocycles. The number of aromatic nitrogens is 1. The second-order valence-corrected chi connectivity index (χ2v) is 5.90. The largest absolute Gasteiger partial charge is 0.480 e. The van der Waals surface area contributed by atoms with Gasteiger partial charge in [0.15, 0.2) is 0 Å². The average Bonchev–Trinajstić information content (AvgIpc) is 2.41. The van der Waals surface area contributed by atoms with Crippen LogP contribution in [0.5, 0.6) is 0 Å². The molecule has 0 aliphatic carbocycles. The van der Waals surface area contributed by atoms with Gasteiger partial charge in [-0.05, 0) is 47.0 Å². The Hall–Kier alpha value is -1.72. The summed E-state index contributed by atoms with van der Waals surface area (Å²) < 4.78 is 0.914. The number of rotatable bonds is 5. The van der Waals surface area contributed by atoms with Crippen molar-refractivity contribution < 1.29 is 9.90 Å². The van der Waals surface area contributed by atoms with Gasteiger partial charge in [0.1, 0.15) is 6.04 Å². The van der Waals surface area contributed by atoms with Gasteiger partial charge in [-0.15, -0.1) is 0 Å². The van der Waals surface area contributed by atoms with Crippen molar-refractivity contribution >= 4 is 21.9 Å². The summed E-state index contributed by atoms with van der Waals surface area (Å²) in [5, 5.41) is 12.5. The van der Waals surface area contributed by atoms with E-state index >= 15 is 0 Å². The van der Waals surface area contributed by atoms with Crippen molar-refractivity contribution in [3.63, 3.8) is 0 Å². The van der Waals surface area contributed by atoms with E-state index in [9.17, 15) is 9.90 Å². The van der Waals surface area contributed by atoms with Crippen LogP contribution < -0.4 is 5.32 Å². The number of nitrogens with one attached hydrogen (secondary N) is 1. The Bertz CT molecular complexity index is 658. The van der Waals surface area contributed by atoms with Crippen LogP contribution in [0.1, 0.15) is 28.4 Å². The van der Waals surface area contributed by atoms with E-state index in [1.54, 1.807) is 6.20 Å². The van der Waals surface area contributed by atoms with Gasteiger partial charge in [0.05, 0.1) is 5.69 Å². The van der Waals surface area contributed by atoms with Crippen molar-refractivity contribution in [1.82, 2.24) is 10.3 Å². The van der Waals surface area contributed by atoms with Crippen LogP contribution in [0.3, 0.4) is 0 Å². The number of hydrogen-bond donors (Lipinski definition) is 2. The lowest BCUT2D eigenvalue weighted by atomic mass is 10.0. The monoisotopic (exact) mass is 348 g/mol. The van der Waals surface area contributed by atoms with Crippen molar-refractivity contribution in [2.45, 2.75) is 26.4 Å². The number of aliphatic carboxylic acids is 1. The van der Waals surface area contributed by atoms with Gasteiger partial charge in [0, 0.05) is 17.2 Å². The van der Waals surface area contributed by atoms with E-state index in [-0.39, 0.29) is 0 Å². The van der Waals surface area contributed by atoms with Crippen LogP contribution in [-0.2, 0) is 11.3 Å². The minimum Gasteiger partial charge on any atom is -0.480 e. The maximum atomic E-state index is 11.5. The number of pyridine rings is 1. The molecular weight excluding hydrogens is 332 g/mol. The molecule has 2 rings (SSSR count). The zero-order chi connectivity index (χ0) is 15.4. The first-order valence-electron chi connectivity index (χ1n) is 6.61. The number of benzene rings is 1. The van der Waals surface area contributed by atoms with Crippen molar-refractivity contribution in [3.05, 3.63) is 63.4 Å². The van der Waals surface area contributed by atoms with Gasteiger partial charge in [-0.25, -0.2) is 0 Å². The summed E-state index contributed by atoms with van der Waals surface area (Å²) in [7, 11) is 0. The van der Waals surface area contributed by atoms with Crippen LogP contribution in [0.2, 0.25) is 0 Å². The highest BCUT2D eigenvalue weighted by Crippen LogP contribution is 2.17. The summed E-state index contributed by atoms with van der Waals surface area (Å²) in [5.41, 5.74) is 3.65. The molecule has 110 valence electrons. The molecule has 1 unspecified atom stereocenters. The van der Waals surface area contributed by atoms with Crippen molar-refractivity contribution in [1.29, 1.82) is 0 Å². The Labute approximate surface area is 132 Å². The summed E-state index contributed by atoms with van der Waals surface area (Å²) in [6, 6.07) is 8.74. The average molecular weight is 349 g/mol. The Kier molecular flexibility index (Phi) is 5.09. The Morgan fingerprint density at radius 3 is 2.76 bits per heavy atom. The zero-order valence-corrected chi connectivity index (χ0v) is 13.5. The fourth-order valence-electron chi connectivity index (χ4n) is 2.15. The summed E-state index contributed by atoms with van der Waals surface area (Å²) in [6.07, 6.45) is 1.71. The second kappa shape index (κ2) is 6.83. The fourth-order valence-corrected chi connectivity index (χ4v) is 2.60. The van der Waals surface area contributed by atoms with Gasteiger partial charge in [-0.1, -0.05) is 29.8 Å². The van der Waals surface area contributed by atoms with Crippen molar-refractivity contribution in [2.75, 3.05) is 0 Å². The summed E-state index contributed by atoms with van der Waals surface area (Å²) in [5.74, 6) is -0.893. The van der Waals surface area contributed by atoms with Crippen LogP contribution in [0, 0.1) is 13.8 Å². The van der Waals surface area contributed by atoms with Crippen LogP contribution in [0.4, 0.5) is 0 Å². The van der Waals surface area contributed by atoms with Crippen molar-refractivity contribution in [2.24, 2.45) is 0 Å². The van der Waals surface area contributed by atoms with E-state index in [0.29, 0.717) is 6.54 Å². The highest BCUT2D eigenvalue weighted by Gasteiger charge is 2.19. The molecule has 0 fully saturated rings. The van der Waals surface area contributed by atoms with E-state index in [1.165, 1.54) is 0 Å². The third-order valence-corrected chi connectivity index (χ3v) is 3.68. The van der Waals surface area contributed by atoms with E-state index in [1.807, 2.05) is 44.2 Å². The molecule has 0 bridgehead atoms. The lowest BCUT2D eigenvalue weighted by molar-refractivity contribution is -0.139. The minimum atomic E-state index is -0.893. The Morgan fingerprint density at radius 2 is 2.14 bits per heavy atom. The number of carboxylic acid groups (broad SMARTS) is 1. The first-order valence-corrected chi connectivity index (χ1v) is 7.40. The first-order chi connectivity index (χ1) is 9.97. The van der Waals surface area contributed by atoms with Crippen molar-refractivity contribution in [3.8, 4) is 0 Å². The fraction of sp³-hybridized carbons (Fsp3) is 0.250. The third kappa shape index (κ3) is 4.12. The van der Waals surface area contributed by atoms with Gasteiger partial charge < -0.3 is 5.11 Å². The number of halogens is 1. The molecule has 0 aliphatic rings. The first kappa shape index (κ1) is 15.7. The van der Waals surface area contributed by atoms with Crippen LogP contribution >= 0.6 is 15.9 Å². The van der Waals surface area contributed by atoms with Gasteiger partial charge in [0.2, 0.25) is 0 Å². The number of carboxylic acids is 1. The summed E-state index contributed by atoms with van der Waals surface area (Å²) in [4.78, 5) is 15.8. The van der Waals surface area contributed by atoms with E-state index < -0.39 is 12.0 Å². The predicted octanol–water partition coefficient (Wildman–Crippen LogP) is 3.38. The molecule has 0 spiro atoms. The van der Waals surface area contributed by atoms with Gasteiger partial charge in [0.25, 0.3) is 0 Å². The number of nitrogens with zero attached hydrogens (tertiary/aromatic N) is 1. The number of aryl methyl sites for hydroxylation is 2. The van der Waals surface area contributed by atoms with Gasteiger partial charge in [-0.2, -0.15) is 0 Å². The molecule has 1 atom stereocenters. The quantitative estimate of drug-likeness (QED) is 0.869. The molecule has 0 radical (unpaired) electrons. The minimum absolute atomic E-state index is 0.407. The van der Waals surface area contributed by atoms with Gasteiger partial charge in [-0.3, -0.25) is 15.1 Å². The molecule has 21 heavy (non-hydrogen) atoms. The van der Waals surface area contributed by atoms with Crippen LogP contribution in [0.15, 0.2) is 41.0 Å². The maximum absolute atomic E-state index is 11.5. The Balaban J connectivity index is 2.16. The highest BCUT2D eigenvalue weighted by atomic mass is 79.9. The van der Waals surface area contributed by atoms with E-state index in [4.69, 9.17) is 0 Å². The molecule has 0 saturated carbocycles. The molecule has 0 aliphatic heterocycles. The lowest BCUT2D eigenvalue weighted by Crippen LogP contribution is -2.28. The molecule has 4 nitrogen and oxygen atoms in total.